The molecule has 0 aliphatic rings. The molecule has 2 nitrogen and oxygen atoms in total. The van der Waals surface area contributed by atoms with E-state index < -0.39 is 22.7 Å². The van der Waals surface area contributed by atoms with Crippen molar-refractivity contribution in [1.29, 1.82) is 0 Å². The number of rotatable bonds is 1. The Morgan fingerprint density at radius 3 is 2.36 bits per heavy atom. The minimum Gasteiger partial charge on any atom is -0.366 e. The van der Waals surface area contributed by atoms with Crippen molar-refractivity contribution in [3.8, 4) is 0 Å². The van der Waals surface area contributed by atoms with Crippen LogP contribution in [0.1, 0.15) is 15.9 Å². The van der Waals surface area contributed by atoms with Crippen LogP contribution >= 0.6 is 11.6 Å². The zero-order valence-electron chi connectivity index (χ0n) is 6.73. The summed E-state index contributed by atoms with van der Waals surface area (Å²) in [4.78, 5) is 10.6. The second-order valence-corrected chi connectivity index (χ2v) is 2.96. The Morgan fingerprint density at radius 2 is 1.93 bits per heavy atom. The summed E-state index contributed by atoms with van der Waals surface area (Å²) in [5.41, 5.74) is 3.55. The van der Waals surface area contributed by atoms with Crippen LogP contribution in [0.5, 0.6) is 0 Å². The zero-order valence-corrected chi connectivity index (χ0v) is 7.49. The maximum atomic E-state index is 12.3. The van der Waals surface area contributed by atoms with Gasteiger partial charge in [0.2, 0.25) is 5.91 Å². The lowest BCUT2D eigenvalue weighted by molar-refractivity contribution is -0.137. The molecule has 0 heterocycles. The molecule has 0 saturated carbocycles. The van der Waals surface area contributed by atoms with Crippen LogP contribution in [0, 0.1) is 0 Å². The van der Waals surface area contributed by atoms with Crippen LogP contribution < -0.4 is 5.73 Å². The molecule has 76 valence electrons. The van der Waals surface area contributed by atoms with Crippen LogP contribution in [0.25, 0.3) is 0 Å². The molecule has 0 unspecified atom stereocenters. The van der Waals surface area contributed by atoms with E-state index in [1.54, 1.807) is 0 Å². The van der Waals surface area contributed by atoms with Gasteiger partial charge in [0.05, 0.1) is 10.6 Å². The molecular formula is C8H5ClF3NO. The van der Waals surface area contributed by atoms with E-state index in [0.29, 0.717) is 6.07 Å². The van der Waals surface area contributed by atoms with Crippen LogP contribution in [0.2, 0.25) is 5.02 Å². The maximum absolute atomic E-state index is 12.3. The van der Waals surface area contributed by atoms with Crippen LogP contribution in [-0.4, -0.2) is 5.91 Å². The van der Waals surface area contributed by atoms with Gasteiger partial charge in [0, 0.05) is 5.56 Å². The van der Waals surface area contributed by atoms with Crippen molar-refractivity contribution >= 4 is 17.5 Å². The molecule has 2 N–H and O–H groups in total. The minimum absolute atomic E-state index is 0.221. The molecule has 0 spiro atoms. The molecular weight excluding hydrogens is 219 g/mol. The van der Waals surface area contributed by atoms with Gasteiger partial charge in [-0.25, -0.2) is 0 Å². The van der Waals surface area contributed by atoms with Crippen molar-refractivity contribution in [2.24, 2.45) is 5.73 Å². The SMILES string of the molecule is NC(=O)c1ccc(Cl)c(C(F)(F)F)c1. The van der Waals surface area contributed by atoms with Gasteiger partial charge in [-0.05, 0) is 18.2 Å². The Morgan fingerprint density at radius 1 is 1.36 bits per heavy atom. The molecule has 0 radical (unpaired) electrons. The number of primary amides is 1. The number of carbonyl (C=O) groups excluding carboxylic acids is 1. The van der Waals surface area contributed by atoms with E-state index >= 15 is 0 Å². The first-order valence-electron chi connectivity index (χ1n) is 3.49. The number of carbonyl (C=O) groups is 1. The number of benzene rings is 1. The van der Waals surface area contributed by atoms with E-state index in [9.17, 15) is 18.0 Å². The van der Waals surface area contributed by atoms with Crippen molar-refractivity contribution in [3.63, 3.8) is 0 Å². The first-order chi connectivity index (χ1) is 6.32. The van der Waals surface area contributed by atoms with Gasteiger partial charge in [-0.2, -0.15) is 13.2 Å². The molecule has 1 aromatic carbocycles. The number of hydrogen-bond acceptors (Lipinski definition) is 1. The lowest BCUT2D eigenvalue weighted by atomic mass is 10.1. The average Bonchev–Trinajstić information content (AvgIpc) is 2.02. The highest BCUT2D eigenvalue weighted by Gasteiger charge is 2.33. The highest BCUT2D eigenvalue weighted by molar-refractivity contribution is 6.31. The van der Waals surface area contributed by atoms with Gasteiger partial charge in [-0.15, -0.1) is 0 Å². The second kappa shape index (κ2) is 3.49. The van der Waals surface area contributed by atoms with Crippen molar-refractivity contribution in [1.82, 2.24) is 0 Å². The van der Waals surface area contributed by atoms with Crippen LogP contribution in [-0.2, 0) is 6.18 Å². The number of hydrogen-bond donors (Lipinski definition) is 1. The molecule has 1 aromatic rings. The quantitative estimate of drug-likeness (QED) is 0.781. The number of amides is 1. The van der Waals surface area contributed by atoms with Gasteiger partial charge in [0.25, 0.3) is 0 Å². The molecule has 0 aliphatic heterocycles. The zero-order chi connectivity index (χ0) is 10.9. The van der Waals surface area contributed by atoms with E-state index in [4.69, 9.17) is 17.3 Å². The topological polar surface area (TPSA) is 43.1 Å². The molecule has 0 atom stereocenters. The summed E-state index contributed by atoms with van der Waals surface area (Å²) in [6.07, 6.45) is -4.58. The standard InChI is InChI=1S/C8H5ClF3NO/c9-6-2-1-4(7(13)14)3-5(6)8(10,11)12/h1-3H,(H2,13,14). The van der Waals surface area contributed by atoms with Gasteiger partial charge < -0.3 is 5.73 Å². The van der Waals surface area contributed by atoms with Gasteiger partial charge in [0.1, 0.15) is 0 Å². The van der Waals surface area contributed by atoms with E-state index in [1.807, 2.05) is 0 Å². The fraction of sp³-hybridized carbons (Fsp3) is 0.125. The van der Waals surface area contributed by atoms with Crippen molar-refractivity contribution < 1.29 is 18.0 Å². The lowest BCUT2D eigenvalue weighted by Gasteiger charge is -2.09. The molecule has 1 rings (SSSR count). The van der Waals surface area contributed by atoms with Crippen LogP contribution in [0.15, 0.2) is 18.2 Å². The van der Waals surface area contributed by atoms with Gasteiger partial charge >= 0.3 is 6.18 Å². The number of alkyl halides is 3. The third-order valence-electron chi connectivity index (χ3n) is 1.56. The molecule has 0 bridgehead atoms. The Kier molecular flexibility index (Phi) is 2.71. The predicted molar refractivity (Wildman–Crippen MR) is 45.0 cm³/mol. The highest BCUT2D eigenvalue weighted by Crippen LogP contribution is 2.34. The molecule has 14 heavy (non-hydrogen) atoms. The smallest absolute Gasteiger partial charge is 0.366 e. The average molecular weight is 224 g/mol. The van der Waals surface area contributed by atoms with Crippen molar-refractivity contribution in [2.45, 2.75) is 6.18 Å². The maximum Gasteiger partial charge on any atom is 0.417 e. The third-order valence-corrected chi connectivity index (χ3v) is 1.89. The molecule has 1 amide bonds. The summed E-state index contributed by atoms with van der Waals surface area (Å²) in [6, 6.07) is 2.76. The third kappa shape index (κ3) is 2.17. The Labute approximate surface area is 82.5 Å². The van der Waals surface area contributed by atoms with E-state index in [0.717, 1.165) is 12.1 Å². The van der Waals surface area contributed by atoms with Gasteiger partial charge in [-0.1, -0.05) is 11.6 Å². The Bertz CT molecular complexity index is 375. The molecule has 0 aliphatic carbocycles. The van der Waals surface area contributed by atoms with E-state index in [-0.39, 0.29) is 5.56 Å². The van der Waals surface area contributed by atoms with Crippen molar-refractivity contribution in [2.75, 3.05) is 0 Å². The monoisotopic (exact) mass is 223 g/mol. The summed E-state index contributed by atoms with van der Waals surface area (Å²) in [5, 5.41) is -0.456. The summed E-state index contributed by atoms with van der Waals surface area (Å²) in [5.74, 6) is -0.924. The van der Waals surface area contributed by atoms with Crippen molar-refractivity contribution in [3.05, 3.63) is 34.3 Å². The summed E-state index contributed by atoms with van der Waals surface area (Å²) in [6.45, 7) is 0. The number of nitrogens with two attached hydrogens (primary N) is 1. The summed E-state index contributed by atoms with van der Waals surface area (Å²) < 4.78 is 36.8. The first kappa shape index (κ1) is 10.8. The largest absolute Gasteiger partial charge is 0.417 e. The lowest BCUT2D eigenvalue weighted by Crippen LogP contribution is -2.13. The Balaban J connectivity index is 3.29. The molecule has 6 heteroatoms. The predicted octanol–water partition coefficient (Wildman–Crippen LogP) is 2.46. The van der Waals surface area contributed by atoms with Crippen LogP contribution in [0.3, 0.4) is 0 Å². The fourth-order valence-corrected chi connectivity index (χ4v) is 1.12. The second-order valence-electron chi connectivity index (χ2n) is 2.56. The molecule has 0 fully saturated rings. The normalized spacial score (nSPS) is 11.4. The molecule has 0 saturated heterocycles. The highest BCUT2D eigenvalue weighted by atomic mass is 35.5. The molecule has 0 aromatic heterocycles. The summed E-state index contributed by atoms with van der Waals surface area (Å²) >= 11 is 5.31. The summed E-state index contributed by atoms with van der Waals surface area (Å²) in [7, 11) is 0. The fourth-order valence-electron chi connectivity index (χ4n) is 0.896. The van der Waals surface area contributed by atoms with E-state index in [2.05, 4.69) is 0 Å². The first-order valence-corrected chi connectivity index (χ1v) is 3.86. The Hall–Kier alpha value is -1.23. The van der Waals surface area contributed by atoms with Gasteiger partial charge in [-0.3, -0.25) is 4.79 Å². The number of halogens is 4. The van der Waals surface area contributed by atoms with Gasteiger partial charge in [0.15, 0.2) is 0 Å². The van der Waals surface area contributed by atoms with E-state index in [1.165, 1.54) is 0 Å². The van der Waals surface area contributed by atoms with Crippen LogP contribution in [0.4, 0.5) is 13.2 Å². The minimum atomic E-state index is -4.58.